The van der Waals surface area contributed by atoms with Crippen molar-refractivity contribution < 1.29 is 19.8 Å². The van der Waals surface area contributed by atoms with Gasteiger partial charge in [0.05, 0.1) is 5.52 Å². The molecule has 0 saturated carbocycles. The Morgan fingerprint density at radius 2 is 1.91 bits per heavy atom. The summed E-state index contributed by atoms with van der Waals surface area (Å²) in [4.78, 5) is 33.0. The van der Waals surface area contributed by atoms with E-state index in [0.717, 1.165) is 27.5 Å². The van der Waals surface area contributed by atoms with Crippen LogP contribution in [0.15, 0.2) is 73.4 Å². The van der Waals surface area contributed by atoms with Gasteiger partial charge in [-0.2, -0.15) is 0 Å². The molecule has 5 aromatic rings. The van der Waals surface area contributed by atoms with Crippen LogP contribution in [-0.2, 0) is 4.79 Å². The topological polar surface area (TPSA) is 147 Å². The third-order valence-electron chi connectivity index (χ3n) is 5.62. The summed E-state index contributed by atoms with van der Waals surface area (Å²) in [5, 5.41) is 22.0. The molecule has 9 heteroatoms. The number of carbonyl (C=O) groups is 2. The first-order valence-corrected chi connectivity index (χ1v) is 11.1. The van der Waals surface area contributed by atoms with E-state index in [1.54, 1.807) is 49.1 Å². The zero-order valence-corrected chi connectivity index (χ0v) is 19.0. The maximum Gasteiger partial charge on any atom is 0.415 e. The van der Waals surface area contributed by atoms with E-state index in [9.17, 15) is 19.8 Å². The lowest BCUT2D eigenvalue weighted by Crippen LogP contribution is -2.08. The molecule has 5 N–H and O–H groups in total. The van der Waals surface area contributed by atoms with E-state index in [1.807, 2.05) is 25.1 Å². The molecule has 0 spiro atoms. The Balaban J connectivity index is 0.000000431. The SMILES string of the molecule is CCCC(N)=O.O=C(O)n1ccc2c(C(O)c3c[nH]c4ncc(-c5cccnc5)cc34)cccc21. The number of fused-ring (bicyclic) bond motifs is 2. The molecule has 178 valence electrons. The number of pyridine rings is 2. The number of amides is 1. The fourth-order valence-electron chi connectivity index (χ4n) is 3.95. The molecule has 1 atom stereocenters. The molecule has 0 radical (unpaired) electrons. The van der Waals surface area contributed by atoms with Gasteiger partial charge in [-0.15, -0.1) is 0 Å². The van der Waals surface area contributed by atoms with Crippen LogP contribution in [0.2, 0.25) is 0 Å². The number of hydrogen-bond donors (Lipinski definition) is 4. The Labute approximate surface area is 200 Å². The minimum absolute atomic E-state index is 0.211. The van der Waals surface area contributed by atoms with Crippen molar-refractivity contribution in [3.8, 4) is 11.1 Å². The lowest BCUT2D eigenvalue weighted by molar-refractivity contribution is -0.118. The van der Waals surface area contributed by atoms with Crippen molar-refractivity contribution in [2.24, 2.45) is 5.73 Å². The van der Waals surface area contributed by atoms with Crippen molar-refractivity contribution in [1.29, 1.82) is 0 Å². The largest absolute Gasteiger partial charge is 0.464 e. The first-order valence-electron chi connectivity index (χ1n) is 11.1. The van der Waals surface area contributed by atoms with E-state index in [-0.39, 0.29) is 5.91 Å². The maximum absolute atomic E-state index is 11.4. The number of benzene rings is 1. The predicted molar refractivity (Wildman–Crippen MR) is 133 cm³/mol. The molecule has 5 rings (SSSR count). The molecular weight excluding hydrogens is 446 g/mol. The van der Waals surface area contributed by atoms with E-state index in [1.165, 1.54) is 6.20 Å². The monoisotopic (exact) mass is 471 g/mol. The van der Waals surface area contributed by atoms with Crippen molar-refractivity contribution in [3.05, 3.63) is 84.6 Å². The highest BCUT2D eigenvalue weighted by Gasteiger charge is 2.20. The molecule has 0 aliphatic carbocycles. The normalized spacial score (nSPS) is 11.7. The molecule has 1 aromatic carbocycles. The average molecular weight is 472 g/mol. The Morgan fingerprint density at radius 1 is 1.09 bits per heavy atom. The van der Waals surface area contributed by atoms with Crippen molar-refractivity contribution in [1.82, 2.24) is 19.5 Å². The average Bonchev–Trinajstić information content (AvgIpc) is 3.48. The Hall–Kier alpha value is -4.50. The van der Waals surface area contributed by atoms with Crippen LogP contribution < -0.4 is 5.73 Å². The molecule has 0 bridgehead atoms. The highest BCUT2D eigenvalue weighted by Crippen LogP contribution is 2.34. The molecule has 1 unspecified atom stereocenters. The number of hydrogen-bond acceptors (Lipinski definition) is 5. The van der Waals surface area contributed by atoms with Gasteiger partial charge in [0.2, 0.25) is 5.91 Å². The standard InChI is InChI=1S/C22H16N4O3.C4H9NO/c27-20(16-4-1-5-19-15(16)6-8-26(19)22(28)29)18-12-25-21-17(18)9-14(11-24-21)13-3-2-7-23-10-13;1-2-3-4(5)6/h1-12,20,27H,(H,24,25)(H,28,29);2-3H2,1H3,(H2,5,6). The van der Waals surface area contributed by atoms with Gasteiger partial charge in [-0.1, -0.05) is 25.1 Å². The molecule has 0 saturated heterocycles. The van der Waals surface area contributed by atoms with Crippen molar-refractivity contribution in [3.63, 3.8) is 0 Å². The first-order chi connectivity index (χ1) is 16.9. The molecule has 35 heavy (non-hydrogen) atoms. The lowest BCUT2D eigenvalue weighted by Gasteiger charge is -2.12. The number of aromatic nitrogens is 4. The van der Waals surface area contributed by atoms with Crippen LogP contribution in [0.3, 0.4) is 0 Å². The van der Waals surface area contributed by atoms with Crippen molar-refractivity contribution >= 4 is 33.9 Å². The van der Waals surface area contributed by atoms with Crippen LogP contribution in [0.1, 0.15) is 37.0 Å². The van der Waals surface area contributed by atoms with Gasteiger partial charge in [-0.3, -0.25) is 14.3 Å². The summed E-state index contributed by atoms with van der Waals surface area (Å²) in [5.41, 5.74) is 9.10. The van der Waals surface area contributed by atoms with E-state index in [4.69, 9.17) is 5.73 Å². The van der Waals surface area contributed by atoms with Gasteiger partial charge in [0.25, 0.3) is 0 Å². The van der Waals surface area contributed by atoms with Crippen molar-refractivity contribution in [2.75, 3.05) is 0 Å². The molecule has 4 aromatic heterocycles. The summed E-state index contributed by atoms with van der Waals surface area (Å²) in [6.45, 7) is 1.92. The Kier molecular flexibility index (Phi) is 6.88. The van der Waals surface area contributed by atoms with Crippen molar-refractivity contribution in [2.45, 2.75) is 25.9 Å². The fourth-order valence-corrected chi connectivity index (χ4v) is 3.95. The number of aromatic amines is 1. The number of nitrogens with zero attached hydrogens (tertiary/aromatic N) is 3. The number of nitrogens with one attached hydrogen (secondary N) is 1. The zero-order chi connectivity index (χ0) is 24.9. The van der Waals surface area contributed by atoms with Gasteiger partial charge in [-0.05, 0) is 36.2 Å². The molecule has 0 fully saturated rings. The van der Waals surface area contributed by atoms with Crippen LogP contribution >= 0.6 is 0 Å². The van der Waals surface area contributed by atoms with Gasteiger partial charge < -0.3 is 20.9 Å². The molecule has 1 amide bonds. The highest BCUT2D eigenvalue weighted by atomic mass is 16.4. The molecule has 0 aliphatic heterocycles. The van der Waals surface area contributed by atoms with Crippen LogP contribution in [0.4, 0.5) is 4.79 Å². The van der Waals surface area contributed by atoms with Gasteiger partial charge >= 0.3 is 6.09 Å². The van der Waals surface area contributed by atoms with E-state index in [2.05, 4.69) is 15.0 Å². The Morgan fingerprint density at radius 3 is 2.57 bits per heavy atom. The Bertz CT molecular complexity index is 1490. The third-order valence-corrected chi connectivity index (χ3v) is 5.62. The fraction of sp³-hybridized carbons (Fsp3) is 0.154. The molecule has 9 nitrogen and oxygen atoms in total. The van der Waals surface area contributed by atoms with E-state index in [0.29, 0.717) is 34.1 Å². The second-order valence-corrected chi connectivity index (χ2v) is 7.97. The number of primary amides is 1. The highest BCUT2D eigenvalue weighted by molar-refractivity contribution is 5.92. The van der Waals surface area contributed by atoms with Crippen LogP contribution in [0.5, 0.6) is 0 Å². The summed E-state index contributed by atoms with van der Waals surface area (Å²) >= 11 is 0. The summed E-state index contributed by atoms with van der Waals surface area (Å²) in [6.07, 6.45) is 7.83. The van der Waals surface area contributed by atoms with E-state index >= 15 is 0 Å². The number of carboxylic acid groups (broad SMARTS) is 1. The number of H-pyrrole nitrogens is 1. The van der Waals surface area contributed by atoms with Crippen LogP contribution in [0, 0.1) is 0 Å². The quantitative estimate of drug-likeness (QED) is 0.298. The number of rotatable bonds is 5. The van der Waals surface area contributed by atoms with Crippen LogP contribution in [-0.4, -0.2) is 41.7 Å². The second kappa shape index (κ2) is 10.2. The maximum atomic E-state index is 11.4. The summed E-state index contributed by atoms with van der Waals surface area (Å²) < 4.78 is 1.14. The van der Waals surface area contributed by atoms with Gasteiger partial charge in [0.1, 0.15) is 11.8 Å². The molecular formula is C26H25N5O4. The summed E-state index contributed by atoms with van der Waals surface area (Å²) in [6, 6.07) is 12.8. The van der Waals surface area contributed by atoms with Gasteiger partial charge in [0, 0.05) is 64.9 Å². The second-order valence-electron chi connectivity index (χ2n) is 7.97. The smallest absolute Gasteiger partial charge is 0.415 e. The number of carbonyl (C=O) groups excluding carboxylic acids is 1. The first kappa shape index (κ1) is 23.7. The minimum atomic E-state index is -1.07. The number of aliphatic hydroxyl groups excluding tert-OH is 1. The van der Waals surface area contributed by atoms with E-state index < -0.39 is 12.2 Å². The molecule has 4 heterocycles. The van der Waals surface area contributed by atoms with Crippen LogP contribution in [0.25, 0.3) is 33.1 Å². The van der Waals surface area contributed by atoms with Gasteiger partial charge in [-0.25, -0.2) is 9.78 Å². The predicted octanol–water partition coefficient (Wildman–Crippen LogP) is 4.46. The summed E-state index contributed by atoms with van der Waals surface area (Å²) in [7, 11) is 0. The van der Waals surface area contributed by atoms with Gasteiger partial charge in [0.15, 0.2) is 0 Å². The lowest BCUT2D eigenvalue weighted by atomic mass is 9.97. The minimum Gasteiger partial charge on any atom is -0.464 e. The number of nitrogens with two attached hydrogens (primary N) is 1. The number of aliphatic hydroxyl groups is 1. The summed E-state index contributed by atoms with van der Waals surface area (Å²) in [5.74, 6) is -0.211. The zero-order valence-electron chi connectivity index (χ0n) is 19.0. The third kappa shape index (κ3) is 4.90. The molecule has 0 aliphatic rings.